The van der Waals surface area contributed by atoms with Crippen molar-refractivity contribution in [2.75, 3.05) is 13.2 Å². The maximum atomic E-state index is 5.57. The normalized spacial score (nSPS) is 18.5. The number of hydrogen-bond donors (Lipinski definition) is 2. The second-order valence-electron chi connectivity index (χ2n) is 5.98. The molecule has 2 rings (SSSR count). The lowest BCUT2D eigenvalue weighted by atomic mass is 10.0. The van der Waals surface area contributed by atoms with Gasteiger partial charge in [0.25, 0.3) is 0 Å². The number of ether oxygens (including phenoxy) is 1. The number of nitrogens with one attached hydrogen (secondary N) is 2. The average Bonchev–Trinajstić information content (AvgIpc) is 3.03. The minimum Gasteiger partial charge on any atom is -0.376 e. The van der Waals surface area contributed by atoms with E-state index in [1.165, 1.54) is 0 Å². The van der Waals surface area contributed by atoms with Crippen molar-refractivity contribution >= 4 is 23.0 Å². The fourth-order valence-corrected chi connectivity index (χ4v) is 2.54. The summed E-state index contributed by atoms with van der Waals surface area (Å²) in [4.78, 5) is 0. The van der Waals surface area contributed by atoms with Crippen LogP contribution in [-0.4, -0.2) is 30.1 Å². The number of hydrogen-bond acceptors (Lipinski definition) is 3. The van der Waals surface area contributed by atoms with Gasteiger partial charge in [-0.1, -0.05) is 44.2 Å². The monoisotopic (exact) mass is 319 g/mol. The van der Waals surface area contributed by atoms with E-state index in [0.29, 0.717) is 11.0 Å². The lowest BCUT2D eigenvalue weighted by Gasteiger charge is -2.14. The Balaban J connectivity index is 1.89. The fraction of sp³-hybridized carbons (Fsp3) is 0.529. The van der Waals surface area contributed by atoms with Gasteiger partial charge in [0.15, 0.2) is 5.11 Å². The first-order chi connectivity index (χ1) is 10.6. The average molecular weight is 319 g/mol. The van der Waals surface area contributed by atoms with Crippen molar-refractivity contribution < 1.29 is 4.74 Å². The van der Waals surface area contributed by atoms with Gasteiger partial charge in [0.1, 0.15) is 0 Å². The summed E-state index contributed by atoms with van der Waals surface area (Å²) in [5.74, 6) is 0.536. The Kier molecular flexibility index (Phi) is 6.80. The van der Waals surface area contributed by atoms with Crippen LogP contribution in [0.1, 0.15) is 38.7 Å². The Hall–Kier alpha value is -1.46. The van der Waals surface area contributed by atoms with E-state index >= 15 is 0 Å². The lowest BCUT2D eigenvalue weighted by molar-refractivity contribution is 0.114. The van der Waals surface area contributed by atoms with Crippen LogP contribution in [0, 0.1) is 5.92 Å². The third-order valence-corrected chi connectivity index (χ3v) is 3.75. The molecular formula is C17H25N3OS. The third-order valence-electron chi connectivity index (χ3n) is 3.52. The van der Waals surface area contributed by atoms with E-state index in [-0.39, 0.29) is 6.10 Å². The van der Waals surface area contributed by atoms with E-state index in [1.807, 2.05) is 18.2 Å². The zero-order chi connectivity index (χ0) is 15.8. The maximum Gasteiger partial charge on any atom is 0.187 e. The zero-order valence-corrected chi connectivity index (χ0v) is 14.2. The Morgan fingerprint density at radius 2 is 2.14 bits per heavy atom. The molecule has 2 N–H and O–H groups in total. The molecule has 0 aromatic heterocycles. The Labute approximate surface area is 138 Å². The van der Waals surface area contributed by atoms with Crippen LogP contribution in [0.2, 0.25) is 0 Å². The summed E-state index contributed by atoms with van der Waals surface area (Å²) in [7, 11) is 0. The summed E-state index contributed by atoms with van der Waals surface area (Å²) >= 11 is 5.29. The van der Waals surface area contributed by atoms with Gasteiger partial charge < -0.3 is 10.1 Å². The number of nitrogens with zero attached hydrogens (tertiary/aromatic N) is 1. The van der Waals surface area contributed by atoms with Gasteiger partial charge in [-0.25, -0.2) is 0 Å². The van der Waals surface area contributed by atoms with Crippen molar-refractivity contribution in [2.24, 2.45) is 11.0 Å². The molecule has 0 radical (unpaired) electrons. The molecule has 0 spiro atoms. The molecule has 1 aliphatic rings. The summed E-state index contributed by atoms with van der Waals surface area (Å²) in [6.45, 7) is 5.97. The molecule has 1 aliphatic heterocycles. The highest BCUT2D eigenvalue weighted by molar-refractivity contribution is 7.80. The highest BCUT2D eigenvalue weighted by atomic mass is 32.1. The van der Waals surface area contributed by atoms with Crippen molar-refractivity contribution in [3.8, 4) is 0 Å². The third kappa shape index (κ3) is 5.73. The molecular weight excluding hydrogens is 294 g/mol. The van der Waals surface area contributed by atoms with Gasteiger partial charge >= 0.3 is 0 Å². The molecule has 0 amide bonds. The number of hydrazone groups is 1. The largest absolute Gasteiger partial charge is 0.376 e. The van der Waals surface area contributed by atoms with Crippen LogP contribution < -0.4 is 10.7 Å². The number of rotatable bonds is 6. The summed E-state index contributed by atoms with van der Waals surface area (Å²) in [5, 5.41) is 8.22. The minimum absolute atomic E-state index is 0.271. The smallest absolute Gasteiger partial charge is 0.187 e. The molecule has 0 bridgehead atoms. The predicted octanol–water partition coefficient (Wildman–Crippen LogP) is 3.08. The van der Waals surface area contributed by atoms with E-state index < -0.39 is 0 Å². The lowest BCUT2D eigenvalue weighted by Crippen LogP contribution is -2.37. The molecule has 5 heteroatoms. The van der Waals surface area contributed by atoms with Gasteiger partial charge in [-0.2, -0.15) is 5.10 Å². The van der Waals surface area contributed by atoms with Crippen LogP contribution in [0.15, 0.2) is 35.4 Å². The minimum atomic E-state index is 0.271. The van der Waals surface area contributed by atoms with Crippen LogP contribution in [0.5, 0.6) is 0 Å². The van der Waals surface area contributed by atoms with Gasteiger partial charge in [-0.15, -0.1) is 0 Å². The molecule has 4 nitrogen and oxygen atoms in total. The highest BCUT2D eigenvalue weighted by Crippen LogP contribution is 2.11. The van der Waals surface area contributed by atoms with E-state index in [1.54, 1.807) is 0 Å². The van der Waals surface area contributed by atoms with Crippen molar-refractivity contribution in [3.63, 3.8) is 0 Å². The molecule has 0 saturated carbocycles. The summed E-state index contributed by atoms with van der Waals surface area (Å²) < 4.78 is 5.57. The van der Waals surface area contributed by atoms with Crippen molar-refractivity contribution in [1.29, 1.82) is 0 Å². The molecule has 22 heavy (non-hydrogen) atoms. The molecule has 0 aliphatic carbocycles. The van der Waals surface area contributed by atoms with Crippen LogP contribution >= 0.6 is 12.2 Å². The van der Waals surface area contributed by atoms with Gasteiger partial charge in [-0.3, -0.25) is 5.43 Å². The van der Waals surface area contributed by atoms with Crippen LogP contribution in [0.3, 0.4) is 0 Å². The standard InChI is InChI=1S/C17H25N3OS/c1-13(2)11-16(14-7-4-3-5-8-14)19-20-17(22)18-12-15-9-6-10-21-15/h3-5,7-8,13,15H,6,9-12H2,1-2H3,(H2,18,20,22)/b19-16-/t15-/m1/s1. The predicted molar refractivity (Wildman–Crippen MR) is 95.1 cm³/mol. The fourth-order valence-electron chi connectivity index (χ4n) is 2.41. The Bertz CT molecular complexity index is 496. The van der Waals surface area contributed by atoms with E-state index in [0.717, 1.165) is 43.7 Å². The molecule has 1 aromatic rings. The highest BCUT2D eigenvalue weighted by Gasteiger charge is 2.15. The molecule has 1 fully saturated rings. The van der Waals surface area contributed by atoms with Crippen LogP contribution in [0.25, 0.3) is 0 Å². The first-order valence-corrected chi connectivity index (χ1v) is 8.33. The van der Waals surface area contributed by atoms with Gasteiger partial charge in [0.2, 0.25) is 0 Å². The van der Waals surface area contributed by atoms with Gasteiger partial charge in [-0.05, 0) is 43.0 Å². The van der Waals surface area contributed by atoms with Crippen molar-refractivity contribution in [3.05, 3.63) is 35.9 Å². The van der Waals surface area contributed by atoms with Crippen molar-refractivity contribution in [2.45, 2.75) is 39.2 Å². The van der Waals surface area contributed by atoms with E-state index in [4.69, 9.17) is 17.0 Å². The second-order valence-corrected chi connectivity index (χ2v) is 6.39. The second kappa shape index (κ2) is 8.86. The zero-order valence-electron chi connectivity index (χ0n) is 13.3. The number of thiocarbonyl (C=S) groups is 1. The molecule has 0 unspecified atom stereocenters. The van der Waals surface area contributed by atoms with E-state index in [2.05, 4.69) is 41.8 Å². The number of benzene rings is 1. The Morgan fingerprint density at radius 3 is 2.77 bits per heavy atom. The topological polar surface area (TPSA) is 45.7 Å². The molecule has 1 saturated heterocycles. The quantitative estimate of drug-likeness (QED) is 0.480. The first kappa shape index (κ1) is 16.9. The van der Waals surface area contributed by atoms with E-state index in [9.17, 15) is 0 Å². The SMILES string of the molecule is CC(C)C/C(=N/NC(=S)NC[C@H]1CCCO1)c1ccccc1. The van der Waals surface area contributed by atoms with Crippen molar-refractivity contribution in [1.82, 2.24) is 10.7 Å². The first-order valence-electron chi connectivity index (χ1n) is 7.92. The summed E-state index contributed by atoms with van der Waals surface area (Å²) in [6, 6.07) is 10.2. The molecule has 1 heterocycles. The van der Waals surface area contributed by atoms with Crippen LogP contribution in [-0.2, 0) is 4.74 Å². The summed E-state index contributed by atoms with van der Waals surface area (Å²) in [5.41, 5.74) is 5.12. The summed E-state index contributed by atoms with van der Waals surface area (Å²) in [6.07, 6.45) is 3.41. The van der Waals surface area contributed by atoms with Crippen LogP contribution in [0.4, 0.5) is 0 Å². The molecule has 120 valence electrons. The van der Waals surface area contributed by atoms with Gasteiger partial charge in [0, 0.05) is 13.2 Å². The molecule has 1 aromatic carbocycles. The molecule has 1 atom stereocenters. The maximum absolute atomic E-state index is 5.57. The van der Waals surface area contributed by atoms with Gasteiger partial charge in [0.05, 0.1) is 11.8 Å². The Morgan fingerprint density at radius 1 is 1.36 bits per heavy atom.